The first-order valence-electron chi connectivity index (χ1n) is 9.38. The lowest BCUT2D eigenvalue weighted by molar-refractivity contribution is 0.100. The minimum atomic E-state index is -0.323. The van der Waals surface area contributed by atoms with Crippen LogP contribution in [0.25, 0.3) is 0 Å². The molecule has 0 aliphatic rings. The fourth-order valence-corrected chi connectivity index (χ4v) is 3.21. The molecule has 152 valence electrons. The van der Waals surface area contributed by atoms with Gasteiger partial charge in [-0.1, -0.05) is 53.6 Å². The molecule has 1 amide bonds. The van der Waals surface area contributed by atoms with Crippen molar-refractivity contribution in [3.63, 3.8) is 0 Å². The Morgan fingerprint density at radius 3 is 2.83 bits per heavy atom. The van der Waals surface area contributed by atoms with Crippen LogP contribution in [0.4, 0.5) is 5.82 Å². The maximum absolute atomic E-state index is 12.7. The summed E-state index contributed by atoms with van der Waals surface area (Å²) >= 11 is 6.10. The van der Waals surface area contributed by atoms with Gasteiger partial charge in [-0.05, 0) is 30.7 Å². The molecular weight excluding hydrogens is 402 g/mol. The maximum atomic E-state index is 12.7. The first kappa shape index (κ1) is 19.7. The molecule has 8 heteroatoms. The molecule has 1 N–H and O–H groups in total. The van der Waals surface area contributed by atoms with Crippen LogP contribution >= 0.6 is 11.6 Å². The second kappa shape index (κ2) is 8.84. The average Bonchev–Trinajstić information content (AvgIpc) is 3.37. The van der Waals surface area contributed by atoms with Crippen molar-refractivity contribution in [3.8, 4) is 5.75 Å². The van der Waals surface area contributed by atoms with E-state index in [0.717, 1.165) is 5.56 Å². The van der Waals surface area contributed by atoms with Gasteiger partial charge in [0.1, 0.15) is 11.4 Å². The van der Waals surface area contributed by atoms with Crippen LogP contribution in [0.2, 0.25) is 5.02 Å². The summed E-state index contributed by atoms with van der Waals surface area (Å²) in [4.78, 5) is 12.7. The van der Waals surface area contributed by atoms with Crippen LogP contribution in [-0.2, 0) is 13.3 Å². The minimum absolute atomic E-state index is 0.0568. The summed E-state index contributed by atoms with van der Waals surface area (Å²) in [6, 6.07) is 18.7. The summed E-state index contributed by atoms with van der Waals surface area (Å²) in [5.41, 5.74) is 2.70. The maximum Gasteiger partial charge on any atom is 0.275 e. The summed E-state index contributed by atoms with van der Waals surface area (Å²) in [6.45, 7) is 2.74. The van der Waals surface area contributed by atoms with Gasteiger partial charge in [-0.3, -0.25) is 9.48 Å². The van der Waals surface area contributed by atoms with Gasteiger partial charge in [0.15, 0.2) is 12.5 Å². The molecule has 7 nitrogen and oxygen atoms in total. The lowest BCUT2D eigenvalue weighted by atomic mass is 10.1. The van der Waals surface area contributed by atoms with Crippen molar-refractivity contribution >= 4 is 23.3 Å². The molecule has 0 spiro atoms. The van der Waals surface area contributed by atoms with Crippen LogP contribution in [0, 0.1) is 6.92 Å². The third-order valence-corrected chi connectivity index (χ3v) is 4.75. The number of carbonyl (C=O) groups is 1. The number of hydrogen-bond donors (Lipinski definition) is 1. The van der Waals surface area contributed by atoms with E-state index in [4.69, 9.17) is 16.3 Å². The van der Waals surface area contributed by atoms with Crippen LogP contribution < -0.4 is 10.1 Å². The highest BCUT2D eigenvalue weighted by Gasteiger charge is 2.14. The van der Waals surface area contributed by atoms with Crippen LogP contribution in [0.3, 0.4) is 0 Å². The monoisotopic (exact) mass is 421 g/mol. The van der Waals surface area contributed by atoms with E-state index in [1.165, 1.54) is 10.2 Å². The third kappa shape index (κ3) is 4.69. The van der Waals surface area contributed by atoms with E-state index in [1.807, 2.05) is 30.5 Å². The molecule has 30 heavy (non-hydrogen) atoms. The lowest BCUT2D eigenvalue weighted by Gasteiger charge is -2.10. The molecular formula is C22H20ClN5O2. The summed E-state index contributed by atoms with van der Waals surface area (Å²) in [5.74, 6) is 0.666. The molecule has 0 aliphatic carbocycles. The lowest BCUT2D eigenvalue weighted by Crippen LogP contribution is -2.20. The molecule has 0 saturated carbocycles. The number of nitrogens with zero attached hydrogens (tertiary/aromatic N) is 4. The van der Waals surface area contributed by atoms with Gasteiger partial charge in [-0.2, -0.15) is 10.2 Å². The Labute approximate surface area is 178 Å². The van der Waals surface area contributed by atoms with E-state index in [9.17, 15) is 4.79 Å². The minimum Gasteiger partial charge on any atom is -0.470 e. The number of halogens is 1. The van der Waals surface area contributed by atoms with Crippen molar-refractivity contribution in [2.75, 3.05) is 5.32 Å². The van der Waals surface area contributed by atoms with Crippen molar-refractivity contribution in [2.45, 2.75) is 20.2 Å². The summed E-state index contributed by atoms with van der Waals surface area (Å²) < 4.78 is 8.91. The van der Waals surface area contributed by atoms with Gasteiger partial charge < -0.3 is 10.1 Å². The second-order valence-electron chi connectivity index (χ2n) is 6.76. The molecule has 0 saturated heterocycles. The number of ether oxygens (including phenoxy) is 1. The van der Waals surface area contributed by atoms with E-state index in [-0.39, 0.29) is 12.6 Å². The Balaban J connectivity index is 1.40. The molecule has 0 unspecified atom stereocenters. The molecule has 4 rings (SSSR count). The number of carbonyl (C=O) groups excluding carboxylic acids is 1. The first-order chi connectivity index (χ1) is 14.6. The molecule has 0 aliphatic heterocycles. The number of nitrogens with one attached hydrogen (secondary N) is 1. The van der Waals surface area contributed by atoms with Crippen molar-refractivity contribution in [3.05, 3.63) is 94.9 Å². The average molecular weight is 422 g/mol. The number of benzene rings is 2. The van der Waals surface area contributed by atoms with Gasteiger partial charge in [0.25, 0.3) is 5.91 Å². The Hall–Kier alpha value is -3.58. The Bertz CT molecular complexity index is 1170. The van der Waals surface area contributed by atoms with Gasteiger partial charge in [-0.25, -0.2) is 4.68 Å². The van der Waals surface area contributed by atoms with Crippen LogP contribution in [0.1, 0.15) is 21.6 Å². The molecule has 2 aromatic heterocycles. The fourth-order valence-electron chi connectivity index (χ4n) is 3.02. The van der Waals surface area contributed by atoms with E-state index < -0.39 is 0 Å². The zero-order valence-electron chi connectivity index (χ0n) is 16.3. The largest absolute Gasteiger partial charge is 0.470 e. The zero-order valence-corrected chi connectivity index (χ0v) is 17.1. The van der Waals surface area contributed by atoms with Crippen LogP contribution in [0.15, 0.2) is 73.1 Å². The molecule has 2 aromatic carbocycles. The van der Waals surface area contributed by atoms with Crippen molar-refractivity contribution in [1.82, 2.24) is 19.6 Å². The predicted molar refractivity (Wildman–Crippen MR) is 115 cm³/mol. The highest BCUT2D eigenvalue weighted by Crippen LogP contribution is 2.23. The first-order valence-corrected chi connectivity index (χ1v) is 9.76. The number of hydrogen-bond acceptors (Lipinski definition) is 4. The van der Waals surface area contributed by atoms with Gasteiger partial charge >= 0.3 is 0 Å². The van der Waals surface area contributed by atoms with Gasteiger partial charge in [0.05, 0.1) is 11.6 Å². The van der Waals surface area contributed by atoms with Crippen LogP contribution in [0.5, 0.6) is 5.75 Å². The molecule has 2 heterocycles. The highest BCUT2D eigenvalue weighted by molar-refractivity contribution is 6.32. The summed E-state index contributed by atoms with van der Waals surface area (Å²) in [6.07, 6.45) is 3.37. The number of rotatable bonds is 7. The second-order valence-corrected chi connectivity index (χ2v) is 7.17. The zero-order chi connectivity index (χ0) is 20.9. The van der Waals surface area contributed by atoms with Gasteiger partial charge in [-0.15, -0.1) is 0 Å². The van der Waals surface area contributed by atoms with Crippen molar-refractivity contribution in [1.29, 1.82) is 0 Å². The van der Waals surface area contributed by atoms with E-state index in [1.54, 1.807) is 35.1 Å². The Kier molecular flexibility index (Phi) is 5.81. The smallest absolute Gasteiger partial charge is 0.275 e. The summed E-state index contributed by atoms with van der Waals surface area (Å²) in [7, 11) is 0. The topological polar surface area (TPSA) is 74.0 Å². The van der Waals surface area contributed by atoms with Gasteiger partial charge in [0.2, 0.25) is 0 Å². The van der Waals surface area contributed by atoms with E-state index in [2.05, 4.69) is 34.6 Å². The molecule has 4 aromatic rings. The number of para-hydroxylation sites is 1. The molecule has 0 radical (unpaired) electrons. The predicted octanol–water partition coefficient (Wildman–Crippen LogP) is 4.38. The Morgan fingerprint density at radius 2 is 2.00 bits per heavy atom. The van der Waals surface area contributed by atoms with E-state index in [0.29, 0.717) is 28.8 Å². The van der Waals surface area contributed by atoms with Crippen LogP contribution in [-0.4, -0.2) is 25.5 Å². The van der Waals surface area contributed by atoms with Gasteiger partial charge in [0, 0.05) is 18.5 Å². The standard InChI is InChI=1S/C22H20ClN5O2/c1-16-5-4-6-17(13-16)14-27-12-10-21(26-27)25-22(29)19-9-11-24-28(19)15-30-20-8-3-2-7-18(20)23/h2-13H,14-15H2,1H3,(H,25,26,29). The molecule has 0 bridgehead atoms. The Morgan fingerprint density at radius 1 is 1.13 bits per heavy atom. The van der Waals surface area contributed by atoms with E-state index >= 15 is 0 Å². The number of amides is 1. The fraction of sp³-hybridized carbons (Fsp3) is 0.136. The highest BCUT2D eigenvalue weighted by atomic mass is 35.5. The molecule has 0 fully saturated rings. The van der Waals surface area contributed by atoms with Crippen molar-refractivity contribution < 1.29 is 9.53 Å². The third-order valence-electron chi connectivity index (χ3n) is 4.44. The number of aromatic nitrogens is 4. The normalized spacial score (nSPS) is 10.7. The SMILES string of the molecule is Cc1cccc(Cn2ccc(NC(=O)c3ccnn3COc3ccccc3Cl)n2)c1. The quantitative estimate of drug-likeness (QED) is 0.480. The number of aryl methyl sites for hydroxylation is 1. The van der Waals surface area contributed by atoms with Crippen molar-refractivity contribution in [2.24, 2.45) is 0 Å². The molecule has 0 atom stereocenters. The summed E-state index contributed by atoms with van der Waals surface area (Å²) in [5, 5.41) is 11.9. The number of anilines is 1.